The largest absolute Gasteiger partial charge is 0.391 e. The molecule has 20 heavy (non-hydrogen) atoms. The van der Waals surface area contributed by atoms with E-state index in [-0.39, 0.29) is 10.9 Å². The van der Waals surface area contributed by atoms with Crippen molar-refractivity contribution in [1.29, 1.82) is 0 Å². The van der Waals surface area contributed by atoms with Crippen LogP contribution in [0.15, 0.2) is 29.2 Å². The average Bonchev–Trinajstić information content (AvgIpc) is 2.65. The molecule has 5 nitrogen and oxygen atoms in total. The van der Waals surface area contributed by atoms with Gasteiger partial charge in [-0.05, 0) is 32.0 Å². The van der Waals surface area contributed by atoms with Crippen LogP contribution < -0.4 is 10.0 Å². The smallest absolute Gasteiger partial charge is 0.242 e. The van der Waals surface area contributed by atoms with Gasteiger partial charge >= 0.3 is 0 Å². The summed E-state index contributed by atoms with van der Waals surface area (Å²) >= 11 is 0. The fourth-order valence-electron chi connectivity index (χ4n) is 2.59. The van der Waals surface area contributed by atoms with E-state index in [2.05, 4.69) is 10.0 Å². The quantitative estimate of drug-likeness (QED) is 0.739. The highest BCUT2D eigenvalue weighted by molar-refractivity contribution is 7.89. The van der Waals surface area contributed by atoms with Crippen LogP contribution in [0.5, 0.6) is 0 Å². The highest BCUT2D eigenvalue weighted by Crippen LogP contribution is 2.26. The number of rotatable bonds is 4. The fourth-order valence-corrected chi connectivity index (χ4v) is 3.48. The molecule has 0 aliphatic heterocycles. The van der Waals surface area contributed by atoms with E-state index >= 15 is 0 Å². The monoisotopic (exact) mass is 298 g/mol. The van der Waals surface area contributed by atoms with Gasteiger partial charge in [-0.25, -0.2) is 13.1 Å². The molecule has 0 amide bonds. The zero-order valence-corrected chi connectivity index (χ0v) is 12.5. The van der Waals surface area contributed by atoms with Crippen molar-refractivity contribution >= 4 is 15.7 Å². The molecule has 0 aromatic heterocycles. The molecule has 1 aromatic carbocycles. The highest BCUT2D eigenvalue weighted by atomic mass is 32.2. The Morgan fingerprint density at radius 3 is 2.60 bits per heavy atom. The van der Waals surface area contributed by atoms with Crippen molar-refractivity contribution in [2.75, 3.05) is 12.4 Å². The molecule has 1 saturated carbocycles. The number of aliphatic hydroxyl groups excluding tert-OH is 1. The minimum atomic E-state index is -3.50. The first-order valence-corrected chi connectivity index (χ1v) is 8.50. The van der Waals surface area contributed by atoms with Gasteiger partial charge in [-0.3, -0.25) is 0 Å². The third-order valence-electron chi connectivity index (χ3n) is 3.77. The number of nitrogens with one attached hydrogen (secondary N) is 2. The summed E-state index contributed by atoms with van der Waals surface area (Å²) in [5.74, 6) is 0. The first-order chi connectivity index (χ1) is 9.54. The standard InChI is InChI=1S/C14H22N2O3S/c1-15-20(18,19)14-10-6-5-8-12(14)16-11-7-3-2-4-9-13(11)17/h5-6,8,10-11,13,15-17H,2-4,7,9H2,1H3. The van der Waals surface area contributed by atoms with Gasteiger partial charge in [0.15, 0.2) is 0 Å². The molecule has 1 fully saturated rings. The van der Waals surface area contributed by atoms with Crippen LogP contribution in [0.3, 0.4) is 0 Å². The second-order valence-electron chi connectivity index (χ2n) is 5.16. The summed E-state index contributed by atoms with van der Waals surface area (Å²) in [6.07, 6.45) is 4.38. The Bertz CT molecular complexity index is 545. The Morgan fingerprint density at radius 1 is 1.15 bits per heavy atom. The summed E-state index contributed by atoms with van der Waals surface area (Å²) in [6, 6.07) is 6.70. The third-order valence-corrected chi connectivity index (χ3v) is 5.24. The second kappa shape index (κ2) is 6.56. The molecule has 6 heteroatoms. The summed E-state index contributed by atoms with van der Waals surface area (Å²) in [5.41, 5.74) is 0.549. The maximum absolute atomic E-state index is 12.0. The maximum Gasteiger partial charge on any atom is 0.242 e. The lowest BCUT2D eigenvalue weighted by Crippen LogP contribution is -2.33. The van der Waals surface area contributed by atoms with E-state index in [0.29, 0.717) is 5.69 Å². The van der Waals surface area contributed by atoms with E-state index in [4.69, 9.17) is 0 Å². The highest BCUT2D eigenvalue weighted by Gasteiger charge is 2.24. The van der Waals surface area contributed by atoms with Gasteiger partial charge in [0.2, 0.25) is 10.0 Å². The lowest BCUT2D eigenvalue weighted by Gasteiger charge is -2.24. The van der Waals surface area contributed by atoms with E-state index in [1.54, 1.807) is 24.3 Å². The van der Waals surface area contributed by atoms with Crippen LogP contribution in [0, 0.1) is 0 Å². The molecule has 1 aliphatic carbocycles. The molecule has 2 rings (SSSR count). The van der Waals surface area contributed by atoms with Crippen molar-refractivity contribution in [2.24, 2.45) is 0 Å². The molecule has 0 saturated heterocycles. The number of hydrogen-bond donors (Lipinski definition) is 3. The lowest BCUT2D eigenvalue weighted by molar-refractivity contribution is 0.144. The van der Waals surface area contributed by atoms with Crippen molar-refractivity contribution in [1.82, 2.24) is 4.72 Å². The summed E-state index contributed by atoms with van der Waals surface area (Å²) in [7, 11) is -2.10. The van der Waals surface area contributed by atoms with Crippen LogP contribution >= 0.6 is 0 Å². The molecule has 0 radical (unpaired) electrons. The number of para-hydroxylation sites is 1. The molecular weight excluding hydrogens is 276 g/mol. The first kappa shape index (κ1) is 15.3. The third kappa shape index (κ3) is 3.50. The van der Waals surface area contributed by atoms with Gasteiger partial charge in [-0.15, -0.1) is 0 Å². The van der Waals surface area contributed by atoms with Gasteiger partial charge in [0.1, 0.15) is 4.90 Å². The van der Waals surface area contributed by atoms with Gasteiger partial charge in [-0.2, -0.15) is 0 Å². The number of anilines is 1. The molecule has 1 aromatic rings. The average molecular weight is 298 g/mol. The van der Waals surface area contributed by atoms with Crippen LogP contribution in [0.1, 0.15) is 32.1 Å². The SMILES string of the molecule is CNS(=O)(=O)c1ccccc1NC1CCCCCC1O. The number of benzene rings is 1. The van der Waals surface area contributed by atoms with Gasteiger partial charge in [0.05, 0.1) is 17.8 Å². The minimum Gasteiger partial charge on any atom is -0.391 e. The predicted octanol–water partition coefficient (Wildman–Crippen LogP) is 1.70. The summed E-state index contributed by atoms with van der Waals surface area (Å²) in [5, 5.41) is 13.3. The van der Waals surface area contributed by atoms with Gasteiger partial charge in [0.25, 0.3) is 0 Å². The molecule has 2 atom stereocenters. The van der Waals surface area contributed by atoms with Crippen molar-refractivity contribution < 1.29 is 13.5 Å². The minimum absolute atomic E-state index is 0.0919. The molecule has 2 unspecified atom stereocenters. The second-order valence-corrected chi connectivity index (χ2v) is 7.01. The molecule has 0 spiro atoms. The Hall–Kier alpha value is -1.11. The molecule has 0 bridgehead atoms. The normalized spacial score (nSPS) is 24.1. The fraction of sp³-hybridized carbons (Fsp3) is 0.571. The molecule has 0 heterocycles. The van der Waals surface area contributed by atoms with E-state index < -0.39 is 16.1 Å². The summed E-state index contributed by atoms with van der Waals surface area (Å²) in [6.45, 7) is 0. The van der Waals surface area contributed by atoms with E-state index in [1.165, 1.54) is 7.05 Å². The topological polar surface area (TPSA) is 78.4 Å². The van der Waals surface area contributed by atoms with E-state index in [1.807, 2.05) is 0 Å². The Kier molecular flexibility index (Phi) is 5.01. The van der Waals surface area contributed by atoms with Gasteiger partial charge in [0, 0.05) is 0 Å². The van der Waals surface area contributed by atoms with Crippen molar-refractivity contribution in [3.05, 3.63) is 24.3 Å². The van der Waals surface area contributed by atoms with E-state index in [9.17, 15) is 13.5 Å². The van der Waals surface area contributed by atoms with Crippen molar-refractivity contribution in [3.63, 3.8) is 0 Å². The van der Waals surface area contributed by atoms with Crippen molar-refractivity contribution in [2.45, 2.75) is 49.1 Å². The van der Waals surface area contributed by atoms with Crippen molar-refractivity contribution in [3.8, 4) is 0 Å². The molecule has 3 N–H and O–H groups in total. The number of aliphatic hydroxyl groups is 1. The van der Waals surface area contributed by atoms with Gasteiger partial charge < -0.3 is 10.4 Å². The Labute approximate surface area is 120 Å². The predicted molar refractivity (Wildman–Crippen MR) is 79.2 cm³/mol. The van der Waals surface area contributed by atoms with E-state index in [0.717, 1.165) is 32.1 Å². The van der Waals surface area contributed by atoms with Crippen LogP contribution in [0.25, 0.3) is 0 Å². The van der Waals surface area contributed by atoms with Crippen LogP contribution in [0.4, 0.5) is 5.69 Å². The first-order valence-electron chi connectivity index (χ1n) is 7.02. The number of hydrogen-bond acceptors (Lipinski definition) is 4. The van der Waals surface area contributed by atoms with Crippen LogP contribution in [-0.2, 0) is 10.0 Å². The Balaban J connectivity index is 2.25. The maximum atomic E-state index is 12.0. The van der Waals surface area contributed by atoms with Gasteiger partial charge in [-0.1, -0.05) is 31.4 Å². The molecule has 112 valence electrons. The zero-order valence-electron chi connectivity index (χ0n) is 11.7. The molecule has 1 aliphatic rings. The lowest BCUT2D eigenvalue weighted by atomic mass is 10.1. The molecular formula is C14H22N2O3S. The zero-order chi connectivity index (χ0) is 14.6. The summed E-state index contributed by atoms with van der Waals surface area (Å²) < 4.78 is 26.3. The summed E-state index contributed by atoms with van der Waals surface area (Å²) in [4.78, 5) is 0.221. The Morgan fingerprint density at radius 2 is 1.85 bits per heavy atom. The number of sulfonamides is 1. The van der Waals surface area contributed by atoms with Crippen LogP contribution in [0.2, 0.25) is 0 Å². The van der Waals surface area contributed by atoms with Crippen LogP contribution in [-0.4, -0.2) is 32.7 Å².